The van der Waals surface area contributed by atoms with Gasteiger partial charge >= 0.3 is 0 Å². The van der Waals surface area contributed by atoms with E-state index in [1.807, 2.05) is 6.07 Å². The zero-order valence-corrected chi connectivity index (χ0v) is 13.5. The molecule has 3 heterocycles. The zero-order valence-electron chi connectivity index (χ0n) is 13.5. The van der Waals surface area contributed by atoms with Crippen LogP contribution in [-0.4, -0.2) is 27.6 Å². The highest BCUT2D eigenvalue weighted by Crippen LogP contribution is 2.31. The van der Waals surface area contributed by atoms with Gasteiger partial charge in [-0.3, -0.25) is 9.78 Å². The highest BCUT2D eigenvalue weighted by atomic mass is 19.1. The van der Waals surface area contributed by atoms with Gasteiger partial charge in [0, 0.05) is 30.8 Å². The van der Waals surface area contributed by atoms with Crippen LogP contribution in [0.4, 0.5) is 10.1 Å². The van der Waals surface area contributed by atoms with E-state index in [1.54, 1.807) is 42.3 Å². The summed E-state index contributed by atoms with van der Waals surface area (Å²) < 4.78 is 19.0. The molecule has 7 heteroatoms. The highest BCUT2D eigenvalue weighted by Gasteiger charge is 2.35. The zero-order chi connectivity index (χ0) is 17.4. The molecule has 0 saturated carbocycles. The van der Waals surface area contributed by atoms with Crippen LogP contribution in [0.25, 0.3) is 11.6 Å². The first-order valence-corrected chi connectivity index (χ1v) is 7.93. The first-order valence-electron chi connectivity index (χ1n) is 7.93. The van der Waals surface area contributed by atoms with Crippen LogP contribution in [-0.2, 0) is 4.79 Å². The van der Waals surface area contributed by atoms with E-state index < -0.39 is 0 Å². The summed E-state index contributed by atoms with van der Waals surface area (Å²) in [5.41, 5.74) is 1.68. The lowest BCUT2D eigenvalue weighted by molar-refractivity contribution is -0.117. The van der Waals surface area contributed by atoms with Crippen molar-refractivity contribution in [1.82, 2.24) is 15.1 Å². The fourth-order valence-electron chi connectivity index (χ4n) is 2.87. The molecule has 1 aromatic carbocycles. The van der Waals surface area contributed by atoms with Crippen LogP contribution in [0.3, 0.4) is 0 Å². The van der Waals surface area contributed by atoms with Crippen molar-refractivity contribution >= 4 is 11.6 Å². The Kier molecular flexibility index (Phi) is 3.76. The minimum Gasteiger partial charge on any atom is -0.332 e. The Hall–Kier alpha value is -3.09. The lowest BCUT2D eigenvalue weighted by Gasteiger charge is -2.16. The van der Waals surface area contributed by atoms with Crippen molar-refractivity contribution in [3.63, 3.8) is 0 Å². The number of hydrogen-bond donors (Lipinski definition) is 0. The number of pyridine rings is 1. The number of aromatic nitrogens is 3. The molecule has 1 fully saturated rings. The number of nitrogens with zero attached hydrogens (tertiary/aromatic N) is 4. The summed E-state index contributed by atoms with van der Waals surface area (Å²) in [4.78, 5) is 22.4. The molecule has 0 radical (unpaired) electrons. The van der Waals surface area contributed by atoms with Gasteiger partial charge < -0.3 is 9.42 Å². The van der Waals surface area contributed by atoms with E-state index in [-0.39, 0.29) is 24.1 Å². The van der Waals surface area contributed by atoms with E-state index in [9.17, 15) is 9.18 Å². The SMILES string of the molecule is Cc1ccc(N2CC(c3noc(-c4ccccn4)n3)CC2=O)cc1F. The minimum atomic E-state index is -0.328. The molecule has 1 unspecified atom stereocenters. The van der Waals surface area contributed by atoms with Crippen LogP contribution >= 0.6 is 0 Å². The van der Waals surface area contributed by atoms with E-state index in [0.29, 0.717) is 35.2 Å². The lowest BCUT2D eigenvalue weighted by Crippen LogP contribution is -2.24. The smallest absolute Gasteiger partial charge is 0.276 e. The molecule has 1 amide bonds. The van der Waals surface area contributed by atoms with Crippen LogP contribution in [0.5, 0.6) is 0 Å². The predicted octanol–water partition coefficient (Wildman–Crippen LogP) is 3.10. The maximum Gasteiger partial charge on any atom is 0.276 e. The summed E-state index contributed by atoms with van der Waals surface area (Å²) in [7, 11) is 0. The number of benzene rings is 1. The van der Waals surface area contributed by atoms with Crippen molar-refractivity contribution in [3.8, 4) is 11.6 Å². The van der Waals surface area contributed by atoms with Crippen molar-refractivity contribution < 1.29 is 13.7 Å². The molecule has 4 rings (SSSR count). The van der Waals surface area contributed by atoms with Crippen LogP contribution in [0.15, 0.2) is 47.1 Å². The third-order valence-electron chi connectivity index (χ3n) is 4.28. The monoisotopic (exact) mass is 338 g/mol. The van der Waals surface area contributed by atoms with Gasteiger partial charge in [-0.05, 0) is 36.8 Å². The number of aryl methyl sites for hydroxylation is 1. The first-order chi connectivity index (χ1) is 12.1. The van der Waals surface area contributed by atoms with Gasteiger partial charge in [0.1, 0.15) is 11.5 Å². The molecule has 2 aromatic heterocycles. The molecule has 0 aliphatic carbocycles. The van der Waals surface area contributed by atoms with E-state index >= 15 is 0 Å². The largest absolute Gasteiger partial charge is 0.332 e. The van der Waals surface area contributed by atoms with Gasteiger partial charge in [0.15, 0.2) is 5.82 Å². The summed E-state index contributed by atoms with van der Waals surface area (Å²) in [6.45, 7) is 2.08. The second kappa shape index (κ2) is 6.08. The topological polar surface area (TPSA) is 72.1 Å². The highest BCUT2D eigenvalue weighted by molar-refractivity contribution is 5.96. The molecular formula is C18H15FN4O2. The molecule has 3 aromatic rings. The van der Waals surface area contributed by atoms with Crippen molar-refractivity contribution in [3.05, 3.63) is 59.8 Å². The van der Waals surface area contributed by atoms with Crippen molar-refractivity contribution in [2.45, 2.75) is 19.3 Å². The van der Waals surface area contributed by atoms with Crippen molar-refractivity contribution in [2.75, 3.05) is 11.4 Å². The van der Waals surface area contributed by atoms with Gasteiger partial charge in [0.05, 0.1) is 0 Å². The third-order valence-corrected chi connectivity index (χ3v) is 4.28. The van der Waals surface area contributed by atoms with Crippen molar-refractivity contribution in [2.24, 2.45) is 0 Å². The van der Waals surface area contributed by atoms with Crippen LogP contribution in [0.1, 0.15) is 23.7 Å². The van der Waals surface area contributed by atoms with Gasteiger partial charge in [0.2, 0.25) is 5.91 Å². The maximum atomic E-state index is 13.8. The first kappa shape index (κ1) is 15.4. The molecule has 0 spiro atoms. The second-order valence-corrected chi connectivity index (χ2v) is 6.01. The van der Waals surface area contributed by atoms with E-state index in [2.05, 4.69) is 15.1 Å². The summed E-state index contributed by atoms with van der Waals surface area (Å²) >= 11 is 0. The molecule has 1 saturated heterocycles. The number of carbonyl (C=O) groups is 1. The van der Waals surface area contributed by atoms with E-state index in [0.717, 1.165) is 0 Å². The molecule has 0 bridgehead atoms. The molecule has 0 N–H and O–H groups in total. The number of anilines is 1. The van der Waals surface area contributed by atoms with E-state index in [1.165, 1.54) is 6.07 Å². The fraction of sp³-hybridized carbons (Fsp3) is 0.222. The molecule has 126 valence electrons. The maximum absolute atomic E-state index is 13.8. The Morgan fingerprint density at radius 1 is 1.28 bits per heavy atom. The number of hydrogen-bond acceptors (Lipinski definition) is 5. The Bertz CT molecular complexity index is 926. The van der Waals surface area contributed by atoms with Crippen LogP contribution < -0.4 is 4.90 Å². The summed E-state index contributed by atoms with van der Waals surface area (Å²) in [6, 6.07) is 10.2. The third kappa shape index (κ3) is 2.88. The summed E-state index contributed by atoms with van der Waals surface area (Å²) in [5.74, 6) is 0.174. The number of rotatable bonds is 3. The number of carbonyl (C=O) groups excluding carboxylic acids is 1. The molecule has 1 aliphatic heterocycles. The average molecular weight is 338 g/mol. The Morgan fingerprint density at radius 2 is 2.16 bits per heavy atom. The standard InChI is InChI=1S/C18H15FN4O2/c1-11-5-6-13(9-14(11)19)23-10-12(8-16(23)24)17-21-18(25-22-17)15-4-2-3-7-20-15/h2-7,9,12H,8,10H2,1H3. The van der Waals surface area contributed by atoms with Crippen molar-refractivity contribution in [1.29, 1.82) is 0 Å². The average Bonchev–Trinajstić information content (AvgIpc) is 3.25. The van der Waals surface area contributed by atoms with Crippen LogP contribution in [0, 0.1) is 12.7 Å². The second-order valence-electron chi connectivity index (χ2n) is 6.01. The molecule has 6 nitrogen and oxygen atoms in total. The normalized spacial score (nSPS) is 17.3. The van der Waals surface area contributed by atoms with Gasteiger partial charge in [-0.25, -0.2) is 4.39 Å². The summed E-state index contributed by atoms with van der Waals surface area (Å²) in [6.07, 6.45) is 1.91. The van der Waals surface area contributed by atoms with Gasteiger partial charge in [-0.1, -0.05) is 17.3 Å². The molecule has 1 atom stereocenters. The molecule has 1 aliphatic rings. The molecular weight excluding hydrogens is 323 g/mol. The van der Waals surface area contributed by atoms with Gasteiger partial charge in [0.25, 0.3) is 5.89 Å². The fourth-order valence-corrected chi connectivity index (χ4v) is 2.87. The minimum absolute atomic E-state index is 0.0857. The Morgan fingerprint density at radius 3 is 2.92 bits per heavy atom. The number of halogens is 1. The van der Waals surface area contributed by atoms with E-state index in [4.69, 9.17) is 4.52 Å². The van der Waals surface area contributed by atoms with Crippen LogP contribution in [0.2, 0.25) is 0 Å². The Labute approximate surface area is 143 Å². The number of amides is 1. The lowest BCUT2D eigenvalue weighted by atomic mass is 10.1. The van der Waals surface area contributed by atoms with Gasteiger partial charge in [-0.15, -0.1) is 0 Å². The predicted molar refractivity (Wildman–Crippen MR) is 88.4 cm³/mol. The molecule has 25 heavy (non-hydrogen) atoms. The summed E-state index contributed by atoms with van der Waals surface area (Å²) in [5, 5.41) is 3.99. The Balaban J connectivity index is 1.56. The quantitative estimate of drug-likeness (QED) is 0.734. The van der Waals surface area contributed by atoms with Gasteiger partial charge in [-0.2, -0.15) is 4.98 Å².